The van der Waals surface area contributed by atoms with E-state index in [1.165, 1.54) is 5.56 Å². The van der Waals surface area contributed by atoms with Gasteiger partial charge in [0, 0.05) is 46.5 Å². The van der Waals surface area contributed by atoms with Crippen molar-refractivity contribution in [1.82, 2.24) is 4.90 Å². The van der Waals surface area contributed by atoms with Crippen molar-refractivity contribution in [3.05, 3.63) is 29.8 Å². The molecule has 0 aliphatic carbocycles. The van der Waals surface area contributed by atoms with E-state index in [4.69, 9.17) is 4.74 Å². The van der Waals surface area contributed by atoms with Crippen molar-refractivity contribution in [2.45, 2.75) is 51.6 Å². The molecule has 1 aliphatic heterocycles. The Labute approximate surface area is 124 Å². The van der Waals surface area contributed by atoms with Crippen LogP contribution >= 0.6 is 0 Å². The van der Waals surface area contributed by atoms with Crippen molar-refractivity contribution in [3.8, 4) is 5.75 Å². The predicted molar refractivity (Wildman–Crippen MR) is 84.5 cm³/mol. The summed E-state index contributed by atoms with van der Waals surface area (Å²) in [6, 6.07) is 8.57. The average Bonchev–Trinajstić information content (AvgIpc) is 2.41. The topological polar surface area (TPSA) is 29.5 Å². The zero-order chi connectivity index (χ0) is 14.7. The molecule has 0 N–H and O–H groups in total. The maximum absolute atomic E-state index is 11.9. The second-order valence-electron chi connectivity index (χ2n) is 5.78. The molecule has 1 heterocycles. The van der Waals surface area contributed by atoms with Gasteiger partial charge in [-0.15, -0.1) is 0 Å². The molecule has 0 bridgehead atoms. The molecule has 0 aromatic heterocycles. The van der Waals surface area contributed by atoms with E-state index >= 15 is 0 Å². The lowest BCUT2D eigenvalue weighted by Gasteiger charge is -2.37. The summed E-state index contributed by atoms with van der Waals surface area (Å²) in [4.78, 5) is 2.41. The van der Waals surface area contributed by atoms with E-state index in [0.717, 1.165) is 24.6 Å². The van der Waals surface area contributed by atoms with Crippen LogP contribution in [0.5, 0.6) is 5.75 Å². The monoisotopic (exact) mass is 295 g/mol. The summed E-state index contributed by atoms with van der Waals surface area (Å²) in [5, 5.41) is 0.238. The third-order valence-electron chi connectivity index (χ3n) is 3.96. The van der Waals surface area contributed by atoms with Gasteiger partial charge in [0.2, 0.25) is 0 Å². The van der Waals surface area contributed by atoms with Crippen LogP contribution in [-0.2, 0) is 17.3 Å². The number of nitrogens with zero attached hydrogens (tertiary/aromatic N) is 1. The van der Waals surface area contributed by atoms with Gasteiger partial charge in [-0.2, -0.15) is 0 Å². The van der Waals surface area contributed by atoms with Crippen LogP contribution in [0.2, 0.25) is 0 Å². The lowest BCUT2D eigenvalue weighted by Crippen LogP contribution is -2.49. The molecule has 1 aromatic carbocycles. The van der Waals surface area contributed by atoms with Crippen LogP contribution in [0.1, 0.15) is 33.3 Å². The van der Waals surface area contributed by atoms with Crippen LogP contribution < -0.4 is 4.74 Å². The highest BCUT2D eigenvalue weighted by atomic mass is 32.2. The zero-order valence-electron chi connectivity index (χ0n) is 12.8. The van der Waals surface area contributed by atoms with Crippen LogP contribution in [0, 0.1) is 0 Å². The molecule has 0 spiro atoms. The van der Waals surface area contributed by atoms with E-state index in [2.05, 4.69) is 30.9 Å². The largest absolute Gasteiger partial charge is 0.491 e. The number of hydrogen-bond acceptors (Lipinski definition) is 3. The number of benzene rings is 1. The first-order chi connectivity index (χ1) is 9.49. The zero-order valence-corrected chi connectivity index (χ0v) is 13.7. The number of rotatable bonds is 4. The van der Waals surface area contributed by atoms with Gasteiger partial charge >= 0.3 is 0 Å². The molecule has 2 rings (SSSR count). The van der Waals surface area contributed by atoms with E-state index in [1.54, 1.807) is 0 Å². The Balaban J connectivity index is 2.12. The molecule has 1 aliphatic rings. The van der Waals surface area contributed by atoms with Gasteiger partial charge in [-0.05, 0) is 33.8 Å². The maximum Gasteiger partial charge on any atom is 0.124 e. The van der Waals surface area contributed by atoms with Gasteiger partial charge in [0.15, 0.2) is 0 Å². The lowest BCUT2D eigenvalue weighted by atomic mass is 10.1. The Morgan fingerprint density at radius 1 is 1.35 bits per heavy atom. The molecule has 0 amide bonds. The van der Waals surface area contributed by atoms with Crippen molar-refractivity contribution in [3.63, 3.8) is 0 Å². The van der Waals surface area contributed by atoms with E-state index < -0.39 is 10.8 Å². The van der Waals surface area contributed by atoms with Gasteiger partial charge in [0.1, 0.15) is 5.75 Å². The quantitative estimate of drug-likeness (QED) is 0.855. The first kappa shape index (κ1) is 15.5. The molecule has 1 saturated heterocycles. The first-order valence-corrected chi connectivity index (χ1v) is 8.73. The van der Waals surface area contributed by atoms with E-state index in [1.807, 2.05) is 26.0 Å². The fourth-order valence-corrected chi connectivity index (χ4v) is 3.96. The van der Waals surface area contributed by atoms with Gasteiger partial charge < -0.3 is 4.74 Å². The van der Waals surface area contributed by atoms with Crippen molar-refractivity contribution in [2.24, 2.45) is 0 Å². The molecule has 0 radical (unpaired) electrons. The van der Waals surface area contributed by atoms with Gasteiger partial charge in [0.25, 0.3) is 0 Å². The van der Waals surface area contributed by atoms with Crippen LogP contribution in [0.4, 0.5) is 0 Å². The Kier molecular flexibility index (Phi) is 5.22. The fraction of sp³-hybridized carbons (Fsp3) is 0.625. The van der Waals surface area contributed by atoms with Crippen LogP contribution in [-0.4, -0.2) is 38.8 Å². The molecule has 1 fully saturated rings. The van der Waals surface area contributed by atoms with Gasteiger partial charge in [-0.1, -0.05) is 18.2 Å². The van der Waals surface area contributed by atoms with Gasteiger partial charge in [-0.3, -0.25) is 9.11 Å². The highest BCUT2D eigenvalue weighted by Crippen LogP contribution is 2.24. The van der Waals surface area contributed by atoms with Crippen molar-refractivity contribution >= 4 is 10.8 Å². The highest BCUT2D eigenvalue weighted by molar-refractivity contribution is 7.85. The summed E-state index contributed by atoms with van der Waals surface area (Å²) in [6.07, 6.45) is 0.182. The van der Waals surface area contributed by atoms with Crippen LogP contribution in [0.25, 0.3) is 0 Å². The second kappa shape index (κ2) is 6.72. The molecular weight excluding hydrogens is 270 g/mol. The summed E-state index contributed by atoms with van der Waals surface area (Å²) < 4.78 is 17.8. The predicted octanol–water partition coefficient (Wildman–Crippen LogP) is 2.82. The molecule has 0 saturated carbocycles. The van der Waals surface area contributed by atoms with Crippen molar-refractivity contribution in [1.29, 1.82) is 0 Å². The normalized spacial score (nSPS) is 27.8. The Morgan fingerprint density at radius 3 is 2.75 bits per heavy atom. The minimum absolute atomic E-state index is 0.182. The summed E-state index contributed by atoms with van der Waals surface area (Å²) in [5.74, 6) is 1.74. The second-order valence-corrected chi connectivity index (χ2v) is 7.69. The summed E-state index contributed by atoms with van der Waals surface area (Å²) >= 11 is 0. The minimum Gasteiger partial charge on any atom is -0.491 e. The Bertz CT molecular complexity index is 475. The number of ether oxygens (including phenoxy) is 1. The van der Waals surface area contributed by atoms with Crippen LogP contribution in [0.15, 0.2) is 24.3 Å². The maximum atomic E-state index is 11.9. The molecular formula is C16H25NO2S. The third-order valence-corrected chi connectivity index (χ3v) is 5.77. The third kappa shape index (κ3) is 3.61. The first-order valence-electron chi connectivity index (χ1n) is 7.35. The molecule has 1 aromatic rings. The smallest absolute Gasteiger partial charge is 0.124 e. The molecule has 3 nitrogen and oxygen atoms in total. The standard InChI is InChI=1S/C16H25NO2S/c1-12(2)19-16-8-6-5-7-15(16)11-17-9-10-20(18)14(4)13(17)3/h5-8,12-14H,9-11H2,1-4H3/t13-,14+,20+/m1/s1. The average molecular weight is 295 g/mol. The molecule has 4 heteroatoms. The van der Waals surface area contributed by atoms with Crippen LogP contribution in [0.3, 0.4) is 0 Å². The molecule has 0 unspecified atom stereocenters. The summed E-state index contributed by atoms with van der Waals surface area (Å²) in [7, 11) is -0.681. The van der Waals surface area contributed by atoms with E-state index in [0.29, 0.717) is 6.04 Å². The SMILES string of the molecule is CC(C)Oc1ccccc1CN1CC[S@](=O)[C@@H](C)[C@H]1C. The summed E-state index contributed by atoms with van der Waals surface area (Å²) in [5.41, 5.74) is 1.22. The van der Waals surface area contributed by atoms with E-state index in [9.17, 15) is 4.21 Å². The molecule has 20 heavy (non-hydrogen) atoms. The van der Waals surface area contributed by atoms with Crippen molar-refractivity contribution in [2.75, 3.05) is 12.3 Å². The van der Waals surface area contributed by atoms with Gasteiger partial charge in [-0.25, -0.2) is 0 Å². The lowest BCUT2D eigenvalue weighted by molar-refractivity contribution is 0.191. The van der Waals surface area contributed by atoms with Crippen molar-refractivity contribution < 1.29 is 8.95 Å². The van der Waals surface area contributed by atoms with Gasteiger partial charge in [0.05, 0.1) is 6.10 Å². The molecule has 3 atom stereocenters. The molecule has 112 valence electrons. The summed E-state index contributed by atoms with van der Waals surface area (Å²) in [6.45, 7) is 10.1. The number of para-hydroxylation sites is 1. The highest BCUT2D eigenvalue weighted by Gasteiger charge is 2.30. The number of hydrogen-bond donors (Lipinski definition) is 0. The van der Waals surface area contributed by atoms with E-state index in [-0.39, 0.29) is 11.4 Å². The Morgan fingerprint density at radius 2 is 2.05 bits per heavy atom. The fourth-order valence-electron chi connectivity index (χ4n) is 2.56. The Hall–Kier alpha value is -0.870. The minimum atomic E-state index is -0.681.